The number of esters is 1. The van der Waals surface area contributed by atoms with Gasteiger partial charge in [0.05, 0.1) is 13.0 Å². The quantitative estimate of drug-likeness (QED) is 0.681. The van der Waals surface area contributed by atoms with Crippen molar-refractivity contribution in [3.05, 3.63) is 33.7 Å². The molecule has 0 spiro atoms. The highest BCUT2D eigenvalue weighted by Gasteiger charge is 2.61. The number of ether oxygens (including phenoxy) is 1. The zero-order valence-corrected chi connectivity index (χ0v) is 17.4. The zero-order valence-electron chi connectivity index (χ0n) is 17.4. The first-order valence-corrected chi connectivity index (χ1v) is 10.8. The van der Waals surface area contributed by atoms with Crippen molar-refractivity contribution in [2.75, 3.05) is 33.3 Å². The number of fused-ring (bicyclic) bond motifs is 5. The fraction of sp³-hybridized carbons (Fsp3) is 0.636. The molecule has 30 heavy (non-hydrogen) atoms. The Hall–Kier alpha value is -2.64. The Balaban J connectivity index is 1.35. The van der Waals surface area contributed by atoms with Crippen LogP contribution in [0, 0.1) is 23.7 Å². The van der Waals surface area contributed by atoms with Crippen LogP contribution < -0.4 is 5.56 Å². The van der Waals surface area contributed by atoms with E-state index in [2.05, 4.69) is 0 Å². The third-order valence-corrected chi connectivity index (χ3v) is 7.44. The van der Waals surface area contributed by atoms with Gasteiger partial charge in [0, 0.05) is 50.8 Å². The van der Waals surface area contributed by atoms with Gasteiger partial charge in [-0.25, -0.2) is 0 Å². The summed E-state index contributed by atoms with van der Waals surface area (Å²) < 4.78 is 6.58. The highest BCUT2D eigenvalue weighted by atomic mass is 16.5. The van der Waals surface area contributed by atoms with Gasteiger partial charge in [-0.15, -0.1) is 0 Å². The number of nitrogens with zero attached hydrogens (tertiary/aromatic N) is 3. The Morgan fingerprint density at radius 1 is 1.03 bits per heavy atom. The number of hydrogen-bond donors (Lipinski definition) is 0. The smallest absolute Gasteiger partial charge is 0.309 e. The number of pyridine rings is 1. The Kier molecular flexibility index (Phi) is 4.48. The molecule has 160 valence electrons. The van der Waals surface area contributed by atoms with E-state index < -0.39 is 0 Å². The largest absolute Gasteiger partial charge is 0.469 e. The van der Waals surface area contributed by atoms with E-state index in [1.807, 2.05) is 17.9 Å². The summed E-state index contributed by atoms with van der Waals surface area (Å²) in [6.07, 6.45) is 1.47. The molecule has 4 heterocycles. The fourth-order valence-electron chi connectivity index (χ4n) is 5.88. The van der Waals surface area contributed by atoms with Crippen molar-refractivity contribution in [3.63, 3.8) is 0 Å². The van der Waals surface area contributed by atoms with Crippen molar-refractivity contribution in [2.45, 2.75) is 32.2 Å². The lowest BCUT2D eigenvalue weighted by atomic mass is 9.83. The molecule has 3 aliphatic heterocycles. The molecule has 8 nitrogen and oxygen atoms in total. The SMILES string of the molecule is CCC(=O)N1C[C@@H]2C[C@H](C1)c1ccc(C(=O)N3C[C@@H]4C(C(=O)OC)[C@@H]4C3)c(=O)n1C2. The predicted molar refractivity (Wildman–Crippen MR) is 107 cm³/mol. The first-order valence-electron chi connectivity index (χ1n) is 10.8. The van der Waals surface area contributed by atoms with Gasteiger partial charge in [-0.2, -0.15) is 0 Å². The van der Waals surface area contributed by atoms with E-state index >= 15 is 0 Å². The van der Waals surface area contributed by atoms with Crippen molar-refractivity contribution in [3.8, 4) is 0 Å². The number of aromatic nitrogens is 1. The molecule has 8 heteroatoms. The average Bonchev–Trinajstić information content (AvgIpc) is 3.25. The number of methoxy groups -OCH3 is 1. The molecular formula is C22H27N3O5. The van der Waals surface area contributed by atoms with E-state index in [0.29, 0.717) is 39.1 Å². The summed E-state index contributed by atoms with van der Waals surface area (Å²) in [5.74, 6) is 0.311. The van der Waals surface area contributed by atoms with Gasteiger partial charge in [0.1, 0.15) is 5.56 Å². The molecular weight excluding hydrogens is 386 g/mol. The van der Waals surface area contributed by atoms with Crippen molar-refractivity contribution < 1.29 is 19.1 Å². The maximum atomic E-state index is 13.2. The van der Waals surface area contributed by atoms with Gasteiger partial charge in [-0.3, -0.25) is 19.2 Å². The van der Waals surface area contributed by atoms with Crippen LogP contribution in [0.15, 0.2) is 16.9 Å². The van der Waals surface area contributed by atoms with Crippen LogP contribution in [0.5, 0.6) is 0 Å². The molecule has 4 aliphatic rings. The summed E-state index contributed by atoms with van der Waals surface area (Å²) in [5, 5.41) is 0. The second-order valence-electron chi connectivity index (χ2n) is 9.13. The Morgan fingerprint density at radius 3 is 2.43 bits per heavy atom. The molecule has 0 N–H and O–H groups in total. The number of likely N-dealkylation sites (tertiary alicyclic amines) is 2. The molecule has 1 unspecified atom stereocenters. The van der Waals surface area contributed by atoms with E-state index in [1.54, 1.807) is 15.5 Å². The lowest BCUT2D eigenvalue weighted by Crippen LogP contribution is -2.49. The normalized spacial score (nSPS) is 31.1. The summed E-state index contributed by atoms with van der Waals surface area (Å²) in [7, 11) is 1.39. The predicted octanol–water partition coefficient (Wildman–Crippen LogP) is 0.695. The Morgan fingerprint density at radius 2 is 1.77 bits per heavy atom. The van der Waals surface area contributed by atoms with E-state index in [1.165, 1.54) is 7.11 Å². The molecule has 2 bridgehead atoms. The number of hydrogen-bond acceptors (Lipinski definition) is 5. The minimum atomic E-state index is -0.246. The molecule has 1 aromatic rings. The maximum absolute atomic E-state index is 13.2. The second-order valence-corrected chi connectivity index (χ2v) is 9.13. The highest BCUT2D eigenvalue weighted by Crippen LogP contribution is 2.52. The number of rotatable bonds is 3. The van der Waals surface area contributed by atoms with Crippen LogP contribution in [0.25, 0.3) is 0 Å². The second kappa shape index (κ2) is 6.96. The van der Waals surface area contributed by atoms with E-state index in [-0.39, 0.29) is 58.5 Å². The number of carbonyl (C=O) groups excluding carboxylic acids is 3. The summed E-state index contributed by atoms with van der Waals surface area (Å²) in [6, 6.07) is 3.54. The molecule has 3 fully saturated rings. The van der Waals surface area contributed by atoms with Gasteiger partial charge < -0.3 is 19.1 Å². The molecule has 1 aromatic heterocycles. The van der Waals surface area contributed by atoms with Crippen molar-refractivity contribution in [2.24, 2.45) is 23.7 Å². The molecule has 2 amide bonds. The van der Waals surface area contributed by atoms with E-state index in [9.17, 15) is 19.2 Å². The van der Waals surface area contributed by atoms with Gasteiger partial charge in [0.2, 0.25) is 5.91 Å². The van der Waals surface area contributed by atoms with Crippen molar-refractivity contribution >= 4 is 17.8 Å². The van der Waals surface area contributed by atoms with Crippen molar-refractivity contribution in [1.82, 2.24) is 14.4 Å². The van der Waals surface area contributed by atoms with Crippen LogP contribution in [-0.4, -0.2) is 65.4 Å². The number of amides is 2. The molecule has 5 rings (SSSR count). The van der Waals surface area contributed by atoms with Gasteiger partial charge >= 0.3 is 5.97 Å². The van der Waals surface area contributed by atoms with Crippen molar-refractivity contribution in [1.29, 1.82) is 0 Å². The topological polar surface area (TPSA) is 88.9 Å². The summed E-state index contributed by atoms with van der Waals surface area (Å²) in [6.45, 7) is 4.75. The summed E-state index contributed by atoms with van der Waals surface area (Å²) in [4.78, 5) is 53.7. The maximum Gasteiger partial charge on any atom is 0.309 e. The molecule has 5 atom stereocenters. The van der Waals surface area contributed by atoms with Gasteiger partial charge in [0.15, 0.2) is 0 Å². The summed E-state index contributed by atoms with van der Waals surface area (Å²) >= 11 is 0. The molecule has 1 saturated carbocycles. The van der Waals surface area contributed by atoms with E-state index in [4.69, 9.17) is 4.74 Å². The molecule has 0 aromatic carbocycles. The fourth-order valence-corrected chi connectivity index (χ4v) is 5.88. The van der Waals surface area contributed by atoms with Gasteiger partial charge in [0.25, 0.3) is 11.5 Å². The minimum Gasteiger partial charge on any atom is -0.469 e. The van der Waals surface area contributed by atoms with E-state index in [0.717, 1.165) is 12.1 Å². The standard InChI is InChI=1S/C22H27N3O5/c1-3-18(26)23-7-12-6-13(9-23)17-5-4-14(21(28)25(17)8-12)20(27)24-10-15-16(11-24)19(15)22(29)30-2/h4-5,12-13,15-16,19H,3,6-11H2,1-2H3/t12-,13+,15-,16+,19?/m0/s1. The number of piperidine rings is 2. The van der Waals surface area contributed by atoms with Crippen LogP contribution in [0.1, 0.15) is 41.7 Å². The third kappa shape index (κ3) is 2.87. The first kappa shape index (κ1) is 19.3. The first-order chi connectivity index (χ1) is 14.4. The monoisotopic (exact) mass is 413 g/mol. The minimum absolute atomic E-state index is 0.100. The van der Waals surface area contributed by atoms with Crippen LogP contribution >= 0.6 is 0 Å². The lowest BCUT2D eigenvalue weighted by molar-refractivity contribution is -0.143. The molecule has 0 radical (unpaired) electrons. The molecule has 1 aliphatic carbocycles. The zero-order chi connectivity index (χ0) is 21.2. The Bertz CT molecular complexity index is 973. The summed E-state index contributed by atoms with van der Waals surface area (Å²) in [5.41, 5.74) is 0.903. The number of carbonyl (C=O) groups is 3. The lowest BCUT2D eigenvalue weighted by Gasteiger charge is -2.43. The highest BCUT2D eigenvalue weighted by molar-refractivity contribution is 5.94. The molecule has 2 saturated heterocycles. The van der Waals surface area contributed by atoms with Crippen LogP contribution in [0.3, 0.4) is 0 Å². The van der Waals surface area contributed by atoms with Gasteiger partial charge in [-0.1, -0.05) is 6.92 Å². The average molecular weight is 413 g/mol. The van der Waals surface area contributed by atoms with Crippen LogP contribution in [0.4, 0.5) is 0 Å². The van der Waals surface area contributed by atoms with Crippen LogP contribution in [0.2, 0.25) is 0 Å². The Labute approximate surface area is 174 Å². The van der Waals surface area contributed by atoms with Gasteiger partial charge in [-0.05, 0) is 36.3 Å². The van der Waals surface area contributed by atoms with Crippen LogP contribution in [-0.2, 0) is 20.9 Å². The third-order valence-electron chi connectivity index (χ3n) is 7.44.